The molecule has 0 fully saturated rings. The Hall–Kier alpha value is -9.74. The van der Waals surface area contributed by atoms with Crippen LogP contribution in [-0.4, -0.2) is 17.0 Å². The van der Waals surface area contributed by atoms with Gasteiger partial charge < -0.3 is 13.9 Å². The summed E-state index contributed by atoms with van der Waals surface area (Å²) in [5.41, 5.74) is 15.3. The lowest BCUT2D eigenvalue weighted by atomic mass is 9.99. The molecule has 3 nitrogen and oxygen atoms in total. The van der Waals surface area contributed by atoms with Gasteiger partial charge in [0.15, 0.2) is 8.07 Å². The van der Waals surface area contributed by atoms with Crippen molar-refractivity contribution in [1.29, 1.82) is 0 Å². The van der Waals surface area contributed by atoms with Crippen molar-refractivity contribution in [2.45, 2.75) is 0 Å². The van der Waals surface area contributed by atoms with Crippen molar-refractivity contribution in [1.82, 2.24) is 8.97 Å². The predicted molar refractivity (Wildman–Crippen MR) is 325 cm³/mol. The molecule has 0 unspecified atom stereocenters. The van der Waals surface area contributed by atoms with Crippen LogP contribution in [0.2, 0.25) is 0 Å². The molecule has 0 saturated heterocycles. The molecule has 4 heteroatoms. The lowest BCUT2D eigenvalue weighted by Crippen LogP contribution is -2.74. The molecule has 0 atom stereocenters. The Kier molecular flexibility index (Phi) is 10.2. The Morgan fingerprint density at radius 2 is 0.618 bits per heavy atom. The highest BCUT2D eigenvalue weighted by atomic mass is 28.3. The molecule has 356 valence electrons. The number of benzene rings is 12. The fraction of sp³-hybridized carbons (Fsp3) is 0. The molecule has 0 amide bonds. The van der Waals surface area contributed by atoms with Crippen LogP contribution in [0, 0.1) is 0 Å². The normalized spacial score (nSPS) is 11.9. The van der Waals surface area contributed by atoms with Gasteiger partial charge in [0.05, 0.1) is 27.6 Å². The van der Waals surface area contributed by atoms with Gasteiger partial charge in [0, 0.05) is 55.1 Å². The number of aromatic nitrogens is 2. The molecule has 15 aromatic rings. The second-order valence-electron chi connectivity index (χ2n) is 20.0. The first-order chi connectivity index (χ1) is 37.7. The fourth-order valence-electron chi connectivity index (χ4n) is 12.6. The zero-order valence-corrected chi connectivity index (χ0v) is 42.6. The number of hydrogen-bond acceptors (Lipinski definition) is 1. The van der Waals surface area contributed by atoms with Gasteiger partial charge in [-0.05, 0) is 128 Å². The third-order valence-electron chi connectivity index (χ3n) is 16.0. The average molecular weight is 984 g/mol. The maximum Gasteiger partial charge on any atom is 0.179 e. The van der Waals surface area contributed by atoms with Gasteiger partial charge in [-0.3, -0.25) is 0 Å². The minimum atomic E-state index is -2.65. The molecule has 0 aliphatic carbocycles. The van der Waals surface area contributed by atoms with E-state index in [0.29, 0.717) is 0 Å². The average Bonchev–Trinajstić information content (AvgIpc) is 4.24. The van der Waals surface area contributed by atoms with Gasteiger partial charge in [0.2, 0.25) is 0 Å². The van der Waals surface area contributed by atoms with E-state index in [1.165, 1.54) is 103 Å². The van der Waals surface area contributed by atoms with Crippen molar-refractivity contribution in [3.05, 3.63) is 297 Å². The Labute approximate surface area is 442 Å². The second kappa shape index (κ2) is 17.7. The van der Waals surface area contributed by atoms with E-state index in [2.05, 4.69) is 311 Å². The number of nitrogens with zero attached hydrogens (tertiary/aromatic N) is 3. The highest BCUT2D eigenvalue weighted by Crippen LogP contribution is 2.44. The summed E-state index contributed by atoms with van der Waals surface area (Å²) >= 11 is 0. The van der Waals surface area contributed by atoms with Gasteiger partial charge in [0.25, 0.3) is 0 Å². The molecule has 0 spiro atoms. The lowest BCUT2D eigenvalue weighted by Gasteiger charge is -2.34. The third kappa shape index (κ3) is 6.81. The van der Waals surface area contributed by atoms with Crippen LogP contribution in [0.3, 0.4) is 0 Å². The van der Waals surface area contributed by atoms with Crippen LogP contribution in [0.5, 0.6) is 0 Å². The molecule has 0 aliphatic heterocycles. The molecule has 0 aliphatic rings. The van der Waals surface area contributed by atoms with E-state index in [0.717, 1.165) is 22.7 Å². The van der Waals surface area contributed by atoms with Crippen molar-refractivity contribution in [2.24, 2.45) is 0 Å². The number of rotatable bonds is 10. The van der Waals surface area contributed by atoms with E-state index < -0.39 is 8.07 Å². The fourth-order valence-corrected chi connectivity index (χ4v) is 17.3. The zero-order valence-electron chi connectivity index (χ0n) is 41.6. The minimum Gasteiger partial charge on any atom is -0.310 e. The van der Waals surface area contributed by atoms with E-state index in [1.54, 1.807) is 0 Å². The van der Waals surface area contributed by atoms with Crippen molar-refractivity contribution in [3.8, 4) is 27.9 Å². The zero-order chi connectivity index (χ0) is 50.2. The molecule has 12 aromatic carbocycles. The summed E-state index contributed by atoms with van der Waals surface area (Å²) in [6.45, 7) is 0. The molecule has 0 radical (unpaired) electrons. The largest absolute Gasteiger partial charge is 0.310 e. The Balaban J connectivity index is 0.849. The summed E-state index contributed by atoms with van der Waals surface area (Å²) in [7, 11) is -2.65. The first-order valence-electron chi connectivity index (χ1n) is 26.2. The van der Waals surface area contributed by atoms with Gasteiger partial charge in [0.1, 0.15) is 0 Å². The molecular formula is C72H49N3Si. The van der Waals surface area contributed by atoms with Gasteiger partial charge in [-0.25, -0.2) is 0 Å². The van der Waals surface area contributed by atoms with Crippen LogP contribution in [0.15, 0.2) is 297 Å². The van der Waals surface area contributed by atoms with Crippen molar-refractivity contribution in [3.63, 3.8) is 0 Å². The quantitative estimate of drug-likeness (QED) is 0.0983. The van der Waals surface area contributed by atoms with Crippen LogP contribution in [0.1, 0.15) is 0 Å². The van der Waals surface area contributed by atoms with Gasteiger partial charge in [-0.2, -0.15) is 0 Å². The van der Waals surface area contributed by atoms with Crippen molar-refractivity contribution >= 4 is 106 Å². The van der Waals surface area contributed by atoms with Crippen LogP contribution >= 0.6 is 0 Å². The Bertz CT molecular complexity index is 4410. The summed E-state index contributed by atoms with van der Waals surface area (Å²) in [4.78, 5) is 2.41. The maximum absolute atomic E-state index is 2.65. The lowest BCUT2D eigenvalue weighted by molar-refractivity contribution is 1.18. The van der Waals surface area contributed by atoms with Gasteiger partial charge in [-0.1, -0.05) is 212 Å². The van der Waals surface area contributed by atoms with Crippen LogP contribution in [0.25, 0.3) is 87.8 Å². The van der Waals surface area contributed by atoms with E-state index in [9.17, 15) is 0 Å². The smallest absolute Gasteiger partial charge is 0.179 e. The summed E-state index contributed by atoms with van der Waals surface area (Å²) in [6, 6.07) is 110. The number of para-hydroxylation sites is 4. The number of fused-ring (bicyclic) bond motifs is 9. The molecule has 76 heavy (non-hydrogen) atoms. The molecule has 3 aromatic heterocycles. The summed E-state index contributed by atoms with van der Waals surface area (Å²) in [5, 5.41) is 13.0. The highest BCUT2D eigenvalue weighted by Gasteiger charge is 2.41. The Morgan fingerprint density at radius 1 is 0.250 bits per heavy atom. The summed E-state index contributed by atoms with van der Waals surface area (Å²) in [5.74, 6) is 0. The molecule has 0 N–H and O–H groups in total. The molecule has 0 saturated carbocycles. The van der Waals surface area contributed by atoms with Gasteiger partial charge in [-0.15, -0.1) is 0 Å². The highest BCUT2D eigenvalue weighted by molar-refractivity contribution is 7.19. The number of anilines is 3. The van der Waals surface area contributed by atoms with Crippen molar-refractivity contribution in [2.75, 3.05) is 4.90 Å². The first-order valence-corrected chi connectivity index (χ1v) is 28.2. The topological polar surface area (TPSA) is 12.6 Å². The molecular weight excluding hydrogens is 935 g/mol. The van der Waals surface area contributed by atoms with Crippen LogP contribution in [-0.2, 0) is 0 Å². The Morgan fingerprint density at radius 3 is 1.12 bits per heavy atom. The maximum atomic E-state index is 2.45. The van der Waals surface area contributed by atoms with Crippen LogP contribution < -0.4 is 25.6 Å². The molecule has 3 heterocycles. The predicted octanol–water partition coefficient (Wildman–Crippen LogP) is 16.1. The summed E-state index contributed by atoms with van der Waals surface area (Å²) < 4.78 is 4.84. The standard InChI is InChI=1S/C72H49N3Si/c1-5-19-54(20-6-1)74-68-30-16-13-27-62(68)65-49-57(43-46-71(65)74)73(56-41-35-52(36-42-56)53-47-66-63-28-14-17-31-69(63)75-70-32-18-15-29-64(70)67(48-53)72(66)75)55-39-33-50(34-40-55)51-37-44-61(45-38-51)76(58-21-7-2-8-22-58,59-23-9-3-10-24-59)60-25-11-4-12-26-60/h1-49H. The second-order valence-corrected chi connectivity index (χ2v) is 23.8. The SMILES string of the molecule is c1ccc(-n2c3ccccc3c3cc(N(c4ccc(-c5ccc([Si](c6ccccc6)(c6ccccc6)c6ccccc6)cc5)cc4)c4ccc(-c5cc6c7ccccc7n7c8ccccc8c(c5)c67)cc4)ccc32)cc1. The van der Waals surface area contributed by atoms with Crippen LogP contribution in [0.4, 0.5) is 17.1 Å². The molecule has 0 bridgehead atoms. The monoisotopic (exact) mass is 983 g/mol. The van der Waals surface area contributed by atoms with E-state index in [4.69, 9.17) is 0 Å². The third-order valence-corrected chi connectivity index (χ3v) is 20.8. The van der Waals surface area contributed by atoms with E-state index in [-0.39, 0.29) is 0 Å². The first kappa shape index (κ1) is 43.8. The van der Waals surface area contributed by atoms with E-state index >= 15 is 0 Å². The molecule has 15 rings (SSSR count). The summed E-state index contributed by atoms with van der Waals surface area (Å²) in [6.07, 6.45) is 0. The van der Waals surface area contributed by atoms with Crippen molar-refractivity contribution < 1.29 is 0 Å². The van der Waals surface area contributed by atoms with Gasteiger partial charge >= 0.3 is 0 Å². The van der Waals surface area contributed by atoms with E-state index in [1.807, 2.05) is 0 Å². The minimum absolute atomic E-state index is 1.09. The number of hydrogen-bond donors (Lipinski definition) is 0.